The molecule has 128 valence electrons. The molecule has 1 amide bonds. The number of anilines is 2. The molecule has 0 aliphatic carbocycles. The normalized spacial score (nSPS) is 11.1. The van der Waals surface area contributed by atoms with Crippen LogP contribution in [0.15, 0.2) is 53.4 Å². The van der Waals surface area contributed by atoms with E-state index in [0.717, 1.165) is 0 Å². The number of rotatable bonds is 7. The average molecular weight is 385 g/mol. The summed E-state index contributed by atoms with van der Waals surface area (Å²) in [5, 5.41) is 3.00. The van der Waals surface area contributed by atoms with Gasteiger partial charge >= 0.3 is 0 Å². The van der Waals surface area contributed by atoms with Gasteiger partial charge in [0.2, 0.25) is 5.91 Å². The monoisotopic (exact) mass is 384 g/mol. The number of benzene rings is 2. The minimum absolute atomic E-state index is 0.0464. The predicted octanol–water partition coefficient (Wildman–Crippen LogP) is 3.83. The highest BCUT2D eigenvalue weighted by Gasteiger charge is 2.16. The first kappa shape index (κ1) is 18.6. The average Bonchev–Trinajstić information content (AvgIpc) is 2.55. The Labute approximate surface area is 150 Å². The van der Waals surface area contributed by atoms with Crippen molar-refractivity contribution in [1.82, 2.24) is 0 Å². The molecule has 24 heavy (non-hydrogen) atoms. The summed E-state index contributed by atoms with van der Waals surface area (Å²) in [6.45, 7) is 0. The van der Waals surface area contributed by atoms with Crippen LogP contribution in [0, 0.1) is 0 Å². The third-order valence-electron chi connectivity index (χ3n) is 3.08. The molecule has 0 heterocycles. The van der Waals surface area contributed by atoms with E-state index in [9.17, 15) is 13.2 Å². The SMILES string of the molecule is CSCCC(=O)Nc1cccc(S(=O)(=O)Nc2ccccc2Cl)c1. The molecule has 0 aliphatic heterocycles. The van der Waals surface area contributed by atoms with E-state index in [0.29, 0.717) is 28.6 Å². The standard InChI is InChI=1S/C16H17ClN2O3S2/c1-23-10-9-16(20)18-12-5-4-6-13(11-12)24(21,22)19-15-8-3-2-7-14(15)17/h2-8,11,19H,9-10H2,1H3,(H,18,20). The van der Waals surface area contributed by atoms with Gasteiger partial charge in [-0.25, -0.2) is 8.42 Å². The second-order valence-corrected chi connectivity index (χ2v) is 7.98. The number of sulfonamides is 1. The molecule has 0 fully saturated rings. The Morgan fingerprint density at radius 3 is 2.62 bits per heavy atom. The number of nitrogens with one attached hydrogen (secondary N) is 2. The van der Waals surface area contributed by atoms with Crippen molar-refractivity contribution in [2.24, 2.45) is 0 Å². The molecule has 2 N–H and O–H groups in total. The molecular weight excluding hydrogens is 368 g/mol. The van der Waals surface area contributed by atoms with Gasteiger partial charge in [0.05, 0.1) is 15.6 Å². The van der Waals surface area contributed by atoms with E-state index < -0.39 is 10.0 Å². The molecule has 2 aromatic rings. The Balaban J connectivity index is 2.17. The van der Waals surface area contributed by atoms with Crippen LogP contribution in [0.3, 0.4) is 0 Å². The number of thioether (sulfide) groups is 1. The highest BCUT2D eigenvalue weighted by atomic mass is 35.5. The van der Waals surface area contributed by atoms with Crippen molar-refractivity contribution in [3.63, 3.8) is 0 Å². The highest BCUT2D eigenvalue weighted by molar-refractivity contribution is 7.98. The summed E-state index contributed by atoms with van der Waals surface area (Å²) in [6, 6.07) is 12.7. The molecule has 5 nitrogen and oxygen atoms in total. The predicted molar refractivity (Wildman–Crippen MR) is 100 cm³/mol. The molecular formula is C16H17ClN2O3S2. The van der Waals surface area contributed by atoms with Crippen molar-refractivity contribution in [2.75, 3.05) is 22.0 Å². The van der Waals surface area contributed by atoms with Crippen LogP contribution in [0.5, 0.6) is 0 Å². The van der Waals surface area contributed by atoms with Crippen LogP contribution in [-0.4, -0.2) is 26.3 Å². The van der Waals surface area contributed by atoms with Crippen LogP contribution in [0.4, 0.5) is 11.4 Å². The Morgan fingerprint density at radius 1 is 1.17 bits per heavy atom. The lowest BCUT2D eigenvalue weighted by molar-refractivity contribution is -0.115. The smallest absolute Gasteiger partial charge is 0.262 e. The molecule has 0 atom stereocenters. The van der Waals surface area contributed by atoms with E-state index in [4.69, 9.17) is 11.6 Å². The lowest BCUT2D eigenvalue weighted by atomic mass is 10.3. The van der Waals surface area contributed by atoms with E-state index in [2.05, 4.69) is 10.0 Å². The van der Waals surface area contributed by atoms with Crippen molar-refractivity contribution in [3.8, 4) is 0 Å². The Kier molecular flexibility index (Phi) is 6.53. The van der Waals surface area contributed by atoms with Crippen LogP contribution in [0.25, 0.3) is 0 Å². The first-order valence-corrected chi connectivity index (χ1v) is 10.3. The van der Waals surface area contributed by atoms with Crippen LogP contribution in [0.2, 0.25) is 5.02 Å². The third-order valence-corrected chi connectivity index (χ3v) is 5.38. The van der Waals surface area contributed by atoms with Crippen molar-refractivity contribution in [3.05, 3.63) is 53.6 Å². The molecule has 2 aromatic carbocycles. The summed E-state index contributed by atoms with van der Waals surface area (Å²) >= 11 is 7.55. The van der Waals surface area contributed by atoms with E-state index in [1.165, 1.54) is 12.1 Å². The van der Waals surface area contributed by atoms with Gasteiger partial charge in [0.15, 0.2) is 0 Å². The summed E-state index contributed by atoms with van der Waals surface area (Å²) in [5.74, 6) is 0.552. The molecule has 0 saturated carbocycles. The van der Waals surface area contributed by atoms with E-state index in [1.807, 2.05) is 6.26 Å². The van der Waals surface area contributed by atoms with Gasteiger partial charge in [-0.05, 0) is 36.6 Å². The largest absolute Gasteiger partial charge is 0.326 e. The van der Waals surface area contributed by atoms with Gasteiger partial charge < -0.3 is 5.32 Å². The molecule has 0 saturated heterocycles. The van der Waals surface area contributed by atoms with Crippen LogP contribution >= 0.6 is 23.4 Å². The van der Waals surface area contributed by atoms with E-state index in [-0.39, 0.29) is 10.8 Å². The number of carbonyl (C=O) groups is 1. The maximum Gasteiger partial charge on any atom is 0.262 e. The summed E-state index contributed by atoms with van der Waals surface area (Å²) in [5.41, 5.74) is 0.733. The minimum Gasteiger partial charge on any atom is -0.326 e. The molecule has 0 aromatic heterocycles. The fourth-order valence-electron chi connectivity index (χ4n) is 1.91. The Bertz CT molecular complexity index is 826. The minimum atomic E-state index is -3.80. The summed E-state index contributed by atoms with van der Waals surface area (Å²) in [7, 11) is -3.80. The number of halogens is 1. The van der Waals surface area contributed by atoms with Gasteiger partial charge in [0.1, 0.15) is 0 Å². The van der Waals surface area contributed by atoms with Gasteiger partial charge in [-0.15, -0.1) is 0 Å². The number of amides is 1. The molecule has 0 unspecified atom stereocenters. The van der Waals surface area contributed by atoms with Crippen molar-refractivity contribution in [2.45, 2.75) is 11.3 Å². The van der Waals surface area contributed by atoms with E-state index in [1.54, 1.807) is 48.2 Å². The Morgan fingerprint density at radius 2 is 1.92 bits per heavy atom. The highest BCUT2D eigenvalue weighted by Crippen LogP contribution is 2.25. The Hall–Kier alpha value is -1.70. The van der Waals surface area contributed by atoms with Gasteiger partial charge in [-0.1, -0.05) is 29.8 Å². The lowest BCUT2D eigenvalue weighted by Crippen LogP contribution is -2.15. The van der Waals surface area contributed by atoms with E-state index >= 15 is 0 Å². The maximum absolute atomic E-state index is 12.5. The quantitative estimate of drug-likeness (QED) is 0.760. The van der Waals surface area contributed by atoms with Crippen LogP contribution in [-0.2, 0) is 14.8 Å². The summed E-state index contributed by atoms with van der Waals surface area (Å²) in [6.07, 6.45) is 2.29. The fraction of sp³-hybridized carbons (Fsp3) is 0.188. The lowest BCUT2D eigenvalue weighted by Gasteiger charge is -2.11. The number of carbonyl (C=O) groups excluding carboxylic acids is 1. The molecule has 8 heteroatoms. The zero-order valence-electron chi connectivity index (χ0n) is 13.0. The third kappa shape index (κ3) is 5.15. The molecule has 0 bridgehead atoms. The van der Waals surface area contributed by atoms with Gasteiger partial charge in [0.25, 0.3) is 10.0 Å². The fourth-order valence-corrected chi connectivity index (χ4v) is 3.66. The first-order valence-electron chi connectivity index (χ1n) is 7.08. The van der Waals surface area contributed by atoms with Gasteiger partial charge in [0, 0.05) is 17.9 Å². The van der Waals surface area contributed by atoms with Gasteiger partial charge in [-0.3, -0.25) is 9.52 Å². The second kappa shape index (κ2) is 8.41. The molecule has 2 rings (SSSR count). The summed E-state index contributed by atoms with van der Waals surface area (Å²) < 4.78 is 27.4. The van der Waals surface area contributed by atoms with Crippen molar-refractivity contribution in [1.29, 1.82) is 0 Å². The molecule has 0 spiro atoms. The zero-order chi connectivity index (χ0) is 17.6. The van der Waals surface area contributed by atoms with Crippen molar-refractivity contribution >= 4 is 50.7 Å². The van der Waals surface area contributed by atoms with Crippen LogP contribution < -0.4 is 10.0 Å². The second-order valence-electron chi connectivity index (χ2n) is 4.90. The number of hydrogen-bond donors (Lipinski definition) is 2. The molecule has 0 radical (unpaired) electrons. The maximum atomic E-state index is 12.5. The number of para-hydroxylation sites is 1. The zero-order valence-corrected chi connectivity index (χ0v) is 15.3. The van der Waals surface area contributed by atoms with Crippen molar-refractivity contribution < 1.29 is 13.2 Å². The van der Waals surface area contributed by atoms with Crippen LogP contribution in [0.1, 0.15) is 6.42 Å². The molecule has 0 aliphatic rings. The number of hydrogen-bond acceptors (Lipinski definition) is 4. The topological polar surface area (TPSA) is 75.3 Å². The summed E-state index contributed by atoms with van der Waals surface area (Å²) in [4.78, 5) is 11.8. The first-order chi connectivity index (χ1) is 11.4. The van der Waals surface area contributed by atoms with Gasteiger partial charge in [-0.2, -0.15) is 11.8 Å².